The van der Waals surface area contributed by atoms with Crippen molar-refractivity contribution >= 4 is 21.5 Å². The molecule has 2 heteroatoms. The van der Waals surface area contributed by atoms with Gasteiger partial charge < -0.3 is 9.84 Å². The fourth-order valence-electron chi connectivity index (χ4n) is 3.44. The molecule has 1 aliphatic rings. The molecule has 0 aromatic heterocycles. The van der Waals surface area contributed by atoms with E-state index >= 15 is 0 Å². The Morgan fingerprint density at radius 1 is 1.10 bits per heavy atom. The van der Waals surface area contributed by atoms with Gasteiger partial charge in [-0.15, -0.1) is 0 Å². The molecule has 0 radical (unpaired) electrons. The van der Waals surface area contributed by atoms with Gasteiger partial charge in [-0.25, -0.2) is 0 Å². The Morgan fingerprint density at radius 3 is 2.80 bits per heavy atom. The van der Waals surface area contributed by atoms with Gasteiger partial charge in [0.1, 0.15) is 5.75 Å². The fourth-order valence-corrected chi connectivity index (χ4v) is 3.44. The number of methoxy groups -OCH3 is 1. The molecule has 0 amide bonds. The first-order chi connectivity index (χ1) is 9.79. The summed E-state index contributed by atoms with van der Waals surface area (Å²) in [6.07, 6.45) is 1.39. The van der Waals surface area contributed by atoms with Crippen LogP contribution in [0.4, 0.5) is 0 Å². The second kappa shape index (κ2) is 4.22. The third-order valence-corrected chi connectivity index (χ3v) is 4.36. The molecule has 1 aliphatic carbocycles. The smallest absolute Gasteiger partial charge is 0.127 e. The molecular formula is C18H16O2. The Hall–Kier alpha value is -2.06. The quantitative estimate of drug-likeness (QED) is 0.674. The summed E-state index contributed by atoms with van der Waals surface area (Å²) in [5.41, 5.74) is 2.31. The average Bonchev–Trinajstić information content (AvgIpc) is 2.87. The zero-order valence-electron chi connectivity index (χ0n) is 11.4. The van der Waals surface area contributed by atoms with E-state index in [0.717, 1.165) is 34.9 Å². The van der Waals surface area contributed by atoms with Gasteiger partial charge >= 0.3 is 0 Å². The van der Waals surface area contributed by atoms with E-state index in [1.54, 1.807) is 7.11 Å². The topological polar surface area (TPSA) is 29.5 Å². The summed E-state index contributed by atoms with van der Waals surface area (Å²) in [5.74, 6) is 0.907. The van der Waals surface area contributed by atoms with Crippen LogP contribution in [0.2, 0.25) is 0 Å². The summed E-state index contributed by atoms with van der Waals surface area (Å²) in [6.45, 7) is 0. The Labute approximate surface area is 117 Å². The molecule has 0 aliphatic heterocycles. The predicted molar refractivity (Wildman–Crippen MR) is 81.3 cm³/mol. The van der Waals surface area contributed by atoms with Gasteiger partial charge in [0.2, 0.25) is 0 Å². The fraction of sp³-hybridized carbons (Fsp3) is 0.222. The number of aliphatic hydroxyl groups is 1. The highest BCUT2D eigenvalue weighted by atomic mass is 16.5. The maximum absolute atomic E-state index is 10.3. The number of fused-ring (bicyclic) bond motifs is 5. The van der Waals surface area contributed by atoms with E-state index < -0.39 is 0 Å². The maximum atomic E-state index is 10.3. The molecule has 3 aromatic rings. The highest BCUT2D eigenvalue weighted by molar-refractivity contribution is 6.12. The second-order valence-corrected chi connectivity index (χ2v) is 5.42. The summed E-state index contributed by atoms with van der Waals surface area (Å²) < 4.78 is 5.61. The Bertz CT molecular complexity index is 820. The minimum atomic E-state index is -0.348. The molecule has 100 valence electrons. The molecular weight excluding hydrogens is 248 g/mol. The van der Waals surface area contributed by atoms with Crippen LogP contribution in [0.15, 0.2) is 42.5 Å². The van der Waals surface area contributed by atoms with Gasteiger partial charge in [-0.3, -0.25) is 0 Å². The zero-order chi connectivity index (χ0) is 13.7. The number of hydrogen-bond donors (Lipinski definition) is 1. The highest BCUT2D eigenvalue weighted by Crippen LogP contribution is 2.43. The molecule has 0 saturated heterocycles. The lowest BCUT2D eigenvalue weighted by molar-refractivity contribution is 0.181. The molecule has 4 rings (SSSR count). The van der Waals surface area contributed by atoms with E-state index in [4.69, 9.17) is 4.74 Å². The van der Waals surface area contributed by atoms with Gasteiger partial charge in [-0.1, -0.05) is 36.4 Å². The van der Waals surface area contributed by atoms with Crippen molar-refractivity contribution in [3.05, 3.63) is 53.6 Å². The average molecular weight is 264 g/mol. The number of benzene rings is 3. The number of aliphatic hydroxyl groups excluding tert-OH is 1. The van der Waals surface area contributed by atoms with E-state index in [1.807, 2.05) is 12.1 Å². The largest absolute Gasteiger partial charge is 0.496 e. The first-order valence-corrected chi connectivity index (χ1v) is 6.99. The lowest BCUT2D eigenvalue weighted by Gasteiger charge is -2.15. The standard InChI is InChI=1S/C18H16O2/c1-20-16-10-12-7-9-15(19)17(12)14-8-6-11-4-2-3-5-13(11)18(14)16/h2-6,8,10,15,19H,7,9H2,1H3. The molecule has 1 atom stereocenters. The van der Waals surface area contributed by atoms with Crippen LogP contribution in [0.5, 0.6) is 5.75 Å². The first kappa shape index (κ1) is 11.7. The molecule has 0 bridgehead atoms. The van der Waals surface area contributed by atoms with Crippen LogP contribution >= 0.6 is 0 Å². The molecule has 20 heavy (non-hydrogen) atoms. The van der Waals surface area contributed by atoms with Crippen molar-refractivity contribution in [1.29, 1.82) is 0 Å². The summed E-state index contributed by atoms with van der Waals surface area (Å²) in [4.78, 5) is 0. The van der Waals surface area contributed by atoms with E-state index in [2.05, 4.69) is 30.3 Å². The number of hydrogen-bond acceptors (Lipinski definition) is 2. The van der Waals surface area contributed by atoms with Crippen molar-refractivity contribution in [3.63, 3.8) is 0 Å². The van der Waals surface area contributed by atoms with Gasteiger partial charge in [0.25, 0.3) is 0 Å². The Kier molecular flexibility index (Phi) is 2.48. The van der Waals surface area contributed by atoms with Crippen LogP contribution in [0, 0.1) is 0 Å². The second-order valence-electron chi connectivity index (χ2n) is 5.42. The highest BCUT2D eigenvalue weighted by Gasteiger charge is 2.25. The summed E-state index contributed by atoms with van der Waals surface area (Å²) in [6, 6.07) is 14.7. The van der Waals surface area contributed by atoms with Crippen molar-refractivity contribution in [2.75, 3.05) is 7.11 Å². The molecule has 1 N–H and O–H groups in total. The van der Waals surface area contributed by atoms with E-state index in [9.17, 15) is 5.11 Å². The Morgan fingerprint density at radius 2 is 1.95 bits per heavy atom. The van der Waals surface area contributed by atoms with Crippen LogP contribution < -0.4 is 4.74 Å². The third kappa shape index (κ3) is 1.49. The van der Waals surface area contributed by atoms with Crippen LogP contribution in [0.25, 0.3) is 21.5 Å². The molecule has 3 aromatic carbocycles. The van der Waals surface area contributed by atoms with Gasteiger partial charge in [-0.05, 0) is 46.2 Å². The third-order valence-electron chi connectivity index (χ3n) is 4.36. The van der Waals surface area contributed by atoms with Crippen molar-refractivity contribution in [2.24, 2.45) is 0 Å². The van der Waals surface area contributed by atoms with Gasteiger partial charge in [0.15, 0.2) is 0 Å². The molecule has 0 fully saturated rings. The molecule has 2 nitrogen and oxygen atoms in total. The van der Waals surface area contributed by atoms with E-state index in [0.29, 0.717) is 0 Å². The SMILES string of the molecule is COc1cc2c(c3ccc4ccccc4c13)C(O)CC2. The van der Waals surface area contributed by atoms with Crippen molar-refractivity contribution in [1.82, 2.24) is 0 Å². The number of ether oxygens (including phenoxy) is 1. The van der Waals surface area contributed by atoms with Crippen molar-refractivity contribution in [2.45, 2.75) is 18.9 Å². The van der Waals surface area contributed by atoms with Gasteiger partial charge in [-0.2, -0.15) is 0 Å². The normalized spacial score (nSPS) is 17.6. The number of rotatable bonds is 1. The lowest BCUT2D eigenvalue weighted by Crippen LogP contribution is -1.95. The van der Waals surface area contributed by atoms with Gasteiger partial charge in [0, 0.05) is 5.39 Å². The van der Waals surface area contributed by atoms with Crippen molar-refractivity contribution < 1.29 is 9.84 Å². The van der Waals surface area contributed by atoms with Crippen LogP contribution in [-0.4, -0.2) is 12.2 Å². The first-order valence-electron chi connectivity index (χ1n) is 6.99. The molecule has 0 spiro atoms. The van der Waals surface area contributed by atoms with Crippen LogP contribution in [0.3, 0.4) is 0 Å². The van der Waals surface area contributed by atoms with Gasteiger partial charge in [0.05, 0.1) is 13.2 Å². The maximum Gasteiger partial charge on any atom is 0.127 e. The summed E-state index contributed by atoms with van der Waals surface area (Å²) in [7, 11) is 1.72. The predicted octanol–water partition coefficient (Wildman–Crippen LogP) is 3.98. The Balaban J connectivity index is 2.23. The van der Waals surface area contributed by atoms with E-state index in [-0.39, 0.29) is 6.10 Å². The molecule has 1 unspecified atom stereocenters. The van der Waals surface area contributed by atoms with Crippen molar-refractivity contribution in [3.8, 4) is 5.75 Å². The van der Waals surface area contributed by atoms with Crippen LogP contribution in [0.1, 0.15) is 23.7 Å². The molecule has 0 saturated carbocycles. The summed E-state index contributed by atoms with van der Waals surface area (Å²) >= 11 is 0. The minimum absolute atomic E-state index is 0.348. The monoisotopic (exact) mass is 264 g/mol. The number of aryl methyl sites for hydroxylation is 1. The summed E-state index contributed by atoms with van der Waals surface area (Å²) in [5, 5.41) is 14.9. The van der Waals surface area contributed by atoms with E-state index in [1.165, 1.54) is 16.3 Å². The lowest BCUT2D eigenvalue weighted by atomic mass is 9.94. The minimum Gasteiger partial charge on any atom is -0.496 e. The zero-order valence-corrected chi connectivity index (χ0v) is 11.4. The van der Waals surface area contributed by atoms with Crippen LogP contribution in [-0.2, 0) is 6.42 Å². The molecule has 0 heterocycles.